The Labute approximate surface area is 65.0 Å². The highest BCUT2D eigenvalue weighted by atomic mass is 31.2. The standard InChI is InChI=1S/C5H12NO4P/c7-11(8,9)10-4-5-2-1-3-6-5/h5-6H,1-4H2,(H2,7,8,9). The molecule has 3 N–H and O–H groups in total. The first-order valence-electron chi connectivity index (χ1n) is 3.51. The van der Waals surface area contributed by atoms with Crippen molar-refractivity contribution in [1.82, 2.24) is 5.32 Å². The number of nitrogens with one attached hydrogen (secondary N) is 1. The molecule has 0 amide bonds. The van der Waals surface area contributed by atoms with Crippen LogP contribution in [0.2, 0.25) is 0 Å². The molecule has 0 radical (unpaired) electrons. The predicted octanol–water partition coefficient (Wildman–Crippen LogP) is -0.152. The molecule has 1 fully saturated rings. The smallest absolute Gasteiger partial charge is 0.312 e. The average Bonchev–Trinajstić information content (AvgIpc) is 2.32. The van der Waals surface area contributed by atoms with Crippen molar-refractivity contribution in [2.24, 2.45) is 0 Å². The Kier molecular flexibility index (Phi) is 3.04. The summed E-state index contributed by atoms with van der Waals surface area (Å²) in [6.07, 6.45) is 1.98. The van der Waals surface area contributed by atoms with Crippen LogP contribution >= 0.6 is 7.82 Å². The third kappa shape index (κ3) is 3.84. The van der Waals surface area contributed by atoms with Crippen molar-refractivity contribution in [3.63, 3.8) is 0 Å². The topological polar surface area (TPSA) is 78.8 Å². The van der Waals surface area contributed by atoms with Crippen molar-refractivity contribution in [2.45, 2.75) is 18.9 Å². The van der Waals surface area contributed by atoms with Crippen molar-refractivity contribution in [2.75, 3.05) is 13.2 Å². The third-order valence-electron chi connectivity index (χ3n) is 1.61. The molecule has 1 heterocycles. The number of rotatable bonds is 3. The van der Waals surface area contributed by atoms with Gasteiger partial charge >= 0.3 is 7.82 Å². The Bertz CT molecular complexity index is 162. The zero-order chi connectivity index (χ0) is 8.32. The number of phosphoric ester groups is 1. The number of hydrogen-bond donors (Lipinski definition) is 3. The van der Waals surface area contributed by atoms with E-state index in [1.807, 2.05) is 0 Å². The fourth-order valence-electron chi connectivity index (χ4n) is 1.09. The third-order valence-corrected chi connectivity index (χ3v) is 2.09. The Morgan fingerprint density at radius 1 is 1.64 bits per heavy atom. The summed E-state index contributed by atoms with van der Waals surface area (Å²) in [5.74, 6) is 0. The van der Waals surface area contributed by atoms with Crippen molar-refractivity contribution < 1.29 is 18.9 Å². The van der Waals surface area contributed by atoms with E-state index in [1.165, 1.54) is 0 Å². The van der Waals surface area contributed by atoms with E-state index >= 15 is 0 Å². The molecule has 0 aromatic carbocycles. The molecule has 11 heavy (non-hydrogen) atoms. The SMILES string of the molecule is O=P(O)(O)OCC1CCCN1. The molecular weight excluding hydrogens is 169 g/mol. The van der Waals surface area contributed by atoms with Gasteiger partial charge in [-0.2, -0.15) is 0 Å². The molecular formula is C5H12NO4P. The molecule has 0 bridgehead atoms. The van der Waals surface area contributed by atoms with Crippen LogP contribution in [-0.4, -0.2) is 29.0 Å². The average molecular weight is 181 g/mol. The highest BCUT2D eigenvalue weighted by molar-refractivity contribution is 7.46. The fourth-order valence-corrected chi connectivity index (χ4v) is 1.46. The largest absolute Gasteiger partial charge is 0.469 e. The maximum Gasteiger partial charge on any atom is 0.469 e. The van der Waals surface area contributed by atoms with Crippen LogP contribution in [0.1, 0.15) is 12.8 Å². The summed E-state index contributed by atoms with van der Waals surface area (Å²) in [6, 6.07) is 0.114. The molecule has 0 saturated carbocycles. The summed E-state index contributed by atoms with van der Waals surface area (Å²) in [4.78, 5) is 16.7. The van der Waals surface area contributed by atoms with Crippen LogP contribution in [0.25, 0.3) is 0 Å². The second-order valence-corrected chi connectivity index (χ2v) is 3.82. The van der Waals surface area contributed by atoms with Gasteiger partial charge in [0.1, 0.15) is 0 Å². The summed E-state index contributed by atoms with van der Waals surface area (Å²) in [6.45, 7) is 1.01. The molecule has 6 heteroatoms. The fraction of sp³-hybridized carbons (Fsp3) is 1.00. The monoisotopic (exact) mass is 181 g/mol. The first kappa shape index (κ1) is 9.16. The molecule has 5 nitrogen and oxygen atoms in total. The van der Waals surface area contributed by atoms with Crippen molar-refractivity contribution in [1.29, 1.82) is 0 Å². The van der Waals surface area contributed by atoms with E-state index < -0.39 is 7.82 Å². The highest BCUT2D eigenvalue weighted by Crippen LogP contribution is 2.36. The van der Waals surface area contributed by atoms with E-state index in [0.29, 0.717) is 0 Å². The molecule has 0 aliphatic carbocycles. The van der Waals surface area contributed by atoms with E-state index in [1.54, 1.807) is 0 Å². The van der Waals surface area contributed by atoms with E-state index in [-0.39, 0.29) is 12.6 Å². The quantitative estimate of drug-likeness (QED) is 0.527. The van der Waals surface area contributed by atoms with Crippen LogP contribution < -0.4 is 5.32 Å². The van der Waals surface area contributed by atoms with Gasteiger partial charge in [0.05, 0.1) is 6.61 Å². The lowest BCUT2D eigenvalue weighted by Crippen LogP contribution is -2.26. The Balaban J connectivity index is 2.16. The minimum Gasteiger partial charge on any atom is -0.312 e. The minimum atomic E-state index is -4.26. The van der Waals surface area contributed by atoms with Gasteiger partial charge in [0.2, 0.25) is 0 Å². The lowest BCUT2D eigenvalue weighted by molar-refractivity contribution is 0.181. The van der Waals surface area contributed by atoms with Gasteiger partial charge in [-0.1, -0.05) is 0 Å². The molecule has 0 aromatic rings. The molecule has 1 atom stereocenters. The Morgan fingerprint density at radius 3 is 2.82 bits per heavy atom. The second kappa shape index (κ2) is 3.65. The van der Waals surface area contributed by atoms with E-state index in [0.717, 1.165) is 19.4 Å². The summed E-state index contributed by atoms with van der Waals surface area (Å²) < 4.78 is 14.5. The number of hydrogen-bond acceptors (Lipinski definition) is 3. The van der Waals surface area contributed by atoms with Gasteiger partial charge < -0.3 is 15.1 Å². The van der Waals surface area contributed by atoms with Crippen molar-refractivity contribution in [3.05, 3.63) is 0 Å². The molecule has 1 aliphatic heterocycles. The highest BCUT2D eigenvalue weighted by Gasteiger charge is 2.20. The van der Waals surface area contributed by atoms with Crippen molar-refractivity contribution >= 4 is 7.82 Å². The van der Waals surface area contributed by atoms with E-state index in [2.05, 4.69) is 9.84 Å². The first-order chi connectivity index (χ1) is 5.08. The molecule has 0 spiro atoms. The molecule has 1 saturated heterocycles. The van der Waals surface area contributed by atoms with Gasteiger partial charge in [-0.3, -0.25) is 4.52 Å². The van der Waals surface area contributed by atoms with Crippen LogP contribution in [0.15, 0.2) is 0 Å². The Hall–Kier alpha value is 0.0700. The van der Waals surface area contributed by atoms with E-state index in [9.17, 15) is 4.57 Å². The zero-order valence-corrected chi connectivity index (χ0v) is 6.96. The molecule has 1 aliphatic rings. The van der Waals surface area contributed by atoms with Crippen LogP contribution in [0.5, 0.6) is 0 Å². The lowest BCUT2D eigenvalue weighted by atomic mass is 10.2. The van der Waals surface area contributed by atoms with Crippen LogP contribution in [-0.2, 0) is 9.09 Å². The lowest BCUT2D eigenvalue weighted by Gasteiger charge is -2.10. The second-order valence-electron chi connectivity index (χ2n) is 2.58. The summed E-state index contributed by atoms with van der Waals surface area (Å²) in [5.41, 5.74) is 0. The molecule has 0 aromatic heterocycles. The van der Waals surface area contributed by atoms with Gasteiger partial charge in [-0.25, -0.2) is 4.57 Å². The van der Waals surface area contributed by atoms with Crippen LogP contribution in [0.4, 0.5) is 0 Å². The van der Waals surface area contributed by atoms with Gasteiger partial charge in [-0.15, -0.1) is 0 Å². The van der Waals surface area contributed by atoms with Gasteiger partial charge in [0, 0.05) is 6.04 Å². The minimum absolute atomic E-state index is 0.101. The Morgan fingerprint density at radius 2 is 2.36 bits per heavy atom. The molecule has 1 rings (SSSR count). The van der Waals surface area contributed by atoms with Gasteiger partial charge in [0.25, 0.3) is 0 Å². The molecule has 1 unspecified atom stereocenters. The first-order valence-corrected chi connectivity index (χ1v) is 5.04. The maximum absolute atomic E-state index is 10.2. The van der Waals surface area contributed by atoms with Gasteiger partial charge in [0.15, 0.2) is 0 Å². The summed E-state index contributed by atoms with van der Waals surface area (Å²) >= 11 is 0. The van der Waals surface area contributed by atoms with Crippen LogP contribution in [0.3, 0.4) is 0 Å². The number of phosphoric acid groups is 1. The summed E-state index contributed by atoms with van der Waals surface area (Å²) in [7, 11) is -4.26. The van der Waals surface area contributed by atoms with E-state index in [4.69, 9.17) is 9.79 Å². The summed E-state index contributed by atoms with van der Waals surface area (Å²) in [5, 5.41) is 3.06. The normalized spacial score (nSPS) is 25.8. The molecule has 66 valence electrons. The predicted molar refractivity (Wildman–Crippen MR) is 39.0 cm³/mol. The van der Waals surface area contributed by atoms with Crippen LogP contribution in [0, 0.1) is 0 Å². The van der Waals surface area contributed by atoms with Gasteiger partial charge in [-0.05, 0) is 19.4 Å². The zero-order valence-electron chi connectivity index (χ0n) is 6.06. The maximum atomic E-state index is 10.2. The van der Waals surface area contributed by atoms with Crippen molar-refractivity contribution in [3.8, 4) is 0 Å².